The Morgan fingerprint density at radius 2 is 1.69 bits per heavy atom. The third-order valence-corrected chi connectivity index (χ3v) is 7.70. The van der Waals surface area contributed by atoms with Crippen LogP contribution >= 0.6 is 0 Å². The summed E-state index contributed by atoms with van der Waals surface area (Å²) >= 11 is 0. The van der Waals surface area contributed by atoms with E-state index in [1.807, 2.05) is 48.5 Å². The van der Waals surface area contributed by atoms with Crippen LogP contribution in [0.3, 0.4) is 0 Å². The summed E-state index contributed by atoms with van der Waals surface area (Å²) in [7, 11) is 0. The van der Waals surface area contributed by atoms with Crippen molar-refractivity contribution in [3.63, 3.8) is 0 Å². The van der Waals surface area contributed by atoms with Crippen LogP contribution in [-0.2, 0) is 16.2 Å². The molecule has 0 N–H and O–H groups in total. The molecule has 3 aromatic carbocycles. The number of aryl methyl sites for hydroxylation is 1. The maximum atomic E-state index is 9.43. The summed E-state index contributed by atoms with van der Waals surface area (Å²) < 4.78 is 103. The zero-order valence-electron chi connectivity index (χ0n) is 32.8. The molecule has 0 unspecified atom stereocenters. The third-order valence-electron chi connectivity index (χ3n) is 7.70. The minimum atomic E-state index is -2.76. The van der Waals surface area contributed by atoms with Gasteiger partial charge in [0.05, 0.1) is 11.0 Å². The van der Waals surface area contributed by atoms with Crippen molar-refractivity contribution < 1.29 is 19.5 Å². The number of fused-ring (bicyclic) bond motifs is 6. The number of rotatable bonds is 1. The van der Waals surface area contributed by atoms with Crippen LogP contribution in [-0.4, -0.2) is 4.98 Å². The van der Waals surface area contributed by atoms with E-state index in [0.29, 0.717) is 16.7 Å². The van der Waals surface area contributed by atoms with Crippen LogP contribution in [0.1, 0.15) is 98.6 Å². The zero-order chi connectivity index (χ0) is 35.1. The quantitative estimate of drug-likeness (QED) is 0.236. The molecular formula is C34H37NO. The summed E-state index contributed by atoms with van der Waals surface area (Å²) in [5.41, 5.74) is -0.138. The first-order chi connectivity index (χ1) is 21.4. The molecule has 6 rings (SSSR count). The first-order valence-electron chi connectivity index (χ1n) is 17.9. The van der Waals surface area contributed by atoms with Gasteiger partial charge in [-0.1, -0.05) is 78.7 Å². The first-order valence-corrected chi connectivity index (χ1v) is 12.4. The lowest BCUT2D eigenvalue weighted by molar-refractivity contribution is 0.331. The number of pyridine rings is 1. The number of aromatic nitrogens is 1. The second-order valence-electron chi connectivity index (χ2n) is 12.3. The van der Waals surface area contributed by atoms with Gasteiger partial charge in [0, 0.05) is 32.2 Å². The fraction of sp³-hybridized carbons (Fsp3) is 0.382. The highest BCUT2D eigenvalue weighted by Gasteiger charge is 2.40. The molecule has 2 aromatic heterocycles. The Bertz CT molecular complexity index is 2200. The van der Waals surface area contributed by atoms with Crippen LogP contribution in [0.5, 0.6) is 0 Å². The Hall–Kier alpha value is -3.13. The van der Waals surface area contributed by atoms with Crippen molar-refractivity contribution in [2.24, 2.45) is 0 Å². The number of furan rings is 1. The second kappa shape index (κ2) is 7.44. The van der Waals surface area contributed by atoms with Crippen molar-refractivity contribution in [3.8, 4) is 11.3 Å². The summed E-state index contributed by atoms with van der Waals surface area (Å²) in [5.74, 6) is 0. The van der Waals surface area contributed by atoms with E-state index in [1.54, 1.807) is 0 Å². The van der Waals surface area contributed by atoms with Gasteiger partial charge < -0.3 is 4.42 Å². The van der Waals surface area contributed by atoms with E-state index in [-0.39, 0.29) is 79.7 Å². The fourth-order valence-electron chi connectivity index (χ4n) is 5.59. The fourth-order valence-corrected chi connectivity index (χ4v) is 5.59. The van der Waals surface area contributed by atoms with E-state index in [2.05, 4.69) is 4.98 Å². The highest BCUT2D eigenvalue weighted by molar-refractivity contribution is 6.12. The zero-order valence-corrected chi connectivity index (χ0v) is 21.8. The summed E-state index contributed by atoms with van der Waals surface area (Å²) in [4.78, 5) is 4.43. The molecule has 0 aliphatic heterocycles. The van der Waals surface area contributed by atoms with Gasteiger partial charge in [0.2, 0.25) is 0 Å². The lowest BCUT2D eigenvalue weighted by Gasteiger charge is -2.41. The van der Waals surface area contributed by atoms with E-state index in [0.717, 1.165) is 12.8 Å². The molecule has 0 spiro atoms. The molecule has 0 saturated carbocycles. The van der Waals surface area contributed by atoms with Gasteiger partial charge in [-0.05, 0) is 81.6 Å². The average molecular weight is 487 g/mol. The van der Waals surface area contributed by atoms with Gasteiger partial charge in [0.15, 0.2) is 5.58 Å². The van der Waals surface area contributed by atoms with Gasteiger partial charge in [-0.3, -0.25) is 4.98 Å². The van der Waals surface area contributed by atoms with Gasteiger partial charge in [0.1, 0.15) is 11.3 Å². The molecule has 2 heterocycles. The van der Waals surface area contributed by atoms with Crippen LogP contribution < -0.4 is 0 Å². The van der Waals surface area contributed by atoms with Crippen LogP contribution in [0.2, 0.25) is 0 Å². The Labute approximate surface area is 230 Å². The van der Waals surface area contributed by atoms with E-state index in [9.17, 15) is 2.74 Å². The lowest BCUT2D eigenvalue weighted by Crippen LogP contribution is -2.34. The molecule has 1 aliphatic carbocycles. The minimum absolute atomic E-state index is 0.00738. The molecule has 0 radical (unpaired) electrons. The Morgan fingerprint density at radius 3 is 2.44 bits per heavy atom. The maximum absolute atomic E-state index is 9.43. The number of hydrogen-bond acceptors (Lipinski definition) is 2. The Balaban J connectivity index is 1.91. The van der Waals surface area contributed by atoms with Crippen molar-refractivity contribution in [2.45, 2.75) is 84.4 Å². The maximum Gasteiger partial charge on any atom is 0.161 e. The Morgan fingerprint density at radius 1 is 0.944 bits per heavy atom. The highest BCUT2D eigenvalue weighted by Crippen LogP contribution is 2.51. The van der Waals surface area contributed by atoms with E-state index in [1.165, 1.54) is 6.07 Å². The monoisotopic (exact) mass is 486 g/mol. The first kappa shape index (κ1) is 14.0. The second-order valence-corrected chi connectivity index (χ2v) is 12.3. The van der Waals surface area contributed by atoms with Crippen molar-refractivity contribution in [1.82, 2.24) is 4.98 Å². The van der Waals surface area contributed by atoms with E-state index < -0.39 is 41.4 Å². The predicted octanol–water partition coefficient (Wildman–Crippen LogP) is 9.76. The molecule has 0 bridgehead atoms. The molecule has 2 nitrogen and oxygen atoms in total. The van der Waals surface area contributed by atoms with E-state index in [4.69, 9.17) is 16.8 Å². The molecule has 0 atom stereocenters. The largest absolute Gasteiger partial charge is 0.453 e. The van der Waals surface area contributed by atoms with Gasteiger partial charge >= 0.3 is 0 Å². The van der Waals surface area contributed by atoms with Crippen molar-refractivity contribution in [3.05, 3.63) is 76.8 Å². The molecule has 2 heteroatoms. The molecule has 36 heavy (non-hydrogen) atoms. The molecule has 0 fully saturated rings. The topological polar surface area (TPSA) is 26.0 Å². The van der Waals surface area contributed by atoms with Crippen LogP contribution in [0.25, 0.3) is 44.0 Å². The lowest BCUT2D eigenvalue weighted by atomic mass is 9.62. The van der Waals surface area contributed by atoms with E-state index >= 15 is 0 Å². The molecule has 0 amide bonds. The minimum Gasteiger partial charge on any atom is -0.453 e. The van der Waals surface area contributed by atoms with Crippen LogP contribution in [0, 0.1) is 6.85 Å². The average Bonchev–Trinajstić information content (AvgIpc) is 3.32. The summed E-state index contributed by atoms with van der Waals surface area (Å²) in [6.45, 7) is 10.8. The summed E-state index contributed by atoms with van der Waals surface area (Å²) in [6, 6.07) is -0.536. The molecule has 5 aromatic rings. The van der Waals surface area contributed by atoms with Crippen molar-refractivity contribution in [2.75, 3.05) is 0 Å². The standard InChI is InChI=1S/C34H37NO/c1-20-17-26-28(34(7,8)15-14-33(26,5)6)31-27(20)24-13-16-35-29(30(24)36-31)22-18-21-11-9-10-12-23(21)25(19-22)32(2,3)4/h9-13,16-19H,14-15H2,1-8H3/i1D3,9D,10D,11D,12D,13D,16D,17D,19D. The van der Waals surface area contributed by atoms with Crippen molar-refractivity contribution >= 4 is 32.7 Å². The SMILES string of the molecule is [2H]c1nc(-c2cc3c([2H])c([2H])c([2H])c([2H])c3c(C(C)(C)C)c2[2H])c2oc3c4c(c([2H])c(C([2H])([2H])[2H])c3c2c1[2H])C(C)(C)CCC4(C)C. The highest BCUT2D eigenvalue weighted by atomic mass is 16.3. The predicted molar refractivity (Wildman–Crippen MR) is 153 cm³/mol. The molecule has 184 valence electrons. The molecule has 1 aliphatic rings. The Kier molecular flexibility index (Phi) is 2.89. The van der Waals surface area contributed by atoms with Crippen molar-refractivity contribution in [1.29, 1.82) is 0 Å². The molecular weight excluding hydrogens is 438 g/mol. The molecule has 0 saturated heterocycles. The smallest absolute Gasteiger partial charge is 0.161 e. The van der Waals surface area contributed by atoms with Gasteiger partial charge in [-0.15, -0.1) is 0 Å². The summed E-state index contributed by atoms with van der Waals surface area (Å²) in [5, 5.41) is 0.463. The number of hydrogen-bond donors (Lipinski definition) is 0. The third kappa shape index (κ3) is 3.34. The van der Waals surface area contributed by atoms with Gasteiger partial charge in [-0.2, -0.15) is 0 Å². The normalized spacial score (nSPS) is 21.8. The number of benzene rings is 3. The van der Waals surface area contributed by atoms with Crippen LogP contribution in [0.4, 0.5) is 0 Å². The number of nitrogens with zero attached hydrogens (tertiary/aromatic N) is 1. The van der Waals surface area contributed by atoms with Crippen LogP contribution in [0.15, 0.2) is 59.0 Å². The van der Waals surface area contributed by atoms with Gasteiger partial charge in [0.25, 0.3) is 0 Å². The van der Waals surface area contributed by atoms with Gasteiger partial charge in [-0.25, -0.2) is 0 Å². The summed E-state index contributed by atoms with van der Waals surface area (Å²) in [6.07, 6.45) is 0.973.